The molecule has 1 aliphatic rings. The quantitative estimate of drug-likeness (QED) is 0.558. The topological polar surface area (TPSA) is 70.9 Å². The molecule has 0 atom stereocenters. The van der Waals surface area contributed by atoms with E-state index in [0.29, 0.717) is 12.5 Å². The van der Waals surface area contributed by atoms with E-state index in [2.05, 4.69) is 25.6 Å². The molecule has 0 aliphatic heterocycles. The van der Waals surface area contributed by atoms with Crippen molar-refractivity contribution < 1.29 is 4.39 Å². The maximum atomic E-state index is 13.5. The van der Waals surface area contributed by atoms with E-state index in [1.54, 1.807) is 6.07 Å². The molecule has 1 aromatic carbocycles. The molecule has 26 heavy (non-hydrogen) atoms. The largest absolute Gasteiger partial charge is 0.368 e. The first-order valence-electron chi connectivity index (χ1n) is 8.60. The third-order valence-corrected chi connectivity index (χ3v) is 5.03. The van der Waals surface area contributed by atoms with Crippen molar-refractivity contribution in [3.8, 4) is 0 Å². The Bertz CT molecular complexity index is 1110. The van der Waals surface area contributed by atoms with Crippen LogP contribution in [-0.2, 0) is 6.42 Å². The molecule has 5 rings (SSSR count). The molecule has 0 amide bonds. The van der Waals surface area contributed by atoms with Gasteiger partial charge in [-0.3, -0.25) is 0 Å². The van der Waals surface area contributed by atoms with Crippen LogP contribution in [0.5, 0.6) is 0 Å². The monoisotopic (exact) mass is 370 g/mol. The number of nitrogens with one attached hydrogen (secondary N) is 2. The molecule has 1 aliphatic carbocycles. The maximum Gasteiger partial charge on any atom is 0.178 e. The van der Waals surface area contributed by atoms with Gasteiger partial charge >= 0.3 is 0 Å². The van der Waals surface area contributed by atoms with Gasteiger partial charge < -0.3 is 10.3 Å². The SMILES string of the molecule is Fc1cc2[nH]cc(CCNc3ccc4nnc(C5CC5)n4n3)c2cc1Cl. The van der Waals surface area contributed by atoms with Crippen molar-refractivity contribution in [1.29, 1.82) is 0 Å². The molecular weight excluding hydrogens is 355 g/mol. The molecule has 0 unspecified atom stereocenters. The van der Waals surface area contributed by atoms with E-state index in [4.69, 9.17) is 11.6 Å². The van der Waals surface area contributed by atoms with Crippen molar-refractivity contribution >= 4 is 34.0 Å². The summed E-state index contributed by atoms with van der Waals surface area (Å²) in [5, 5.41) is 17.4. The van der Waals surface area contributed by atoms with Crippen molar-refractivity contribution in [1.82, 2.24) is 24.8 Å². The summed E-state index contributed by atoms with van der Waals surface area (Å²) in [6, 6.07) is 6.92. The molecule has 0 radical (unpaired) electrons. The Morgan fingerprint density at radius 1 is 1.27 bits per heavy atom. The van der Waals surface area contributed by atoms with Crippen molar-refractivity contribution in [3.63, 3.8) is 0 Å². The number of rotatable bonds is 5. The van der Waals surface area contributed by atoms with Crippen LogP contribution in [0.15, 0.2) is 30.5 Å². The first kappa shape index (κ1) is 15.6. The molecule has 132 valence electrons. The Hall–Kier alpha value is -2.67. The van der Waals surface area contributed by atoms with Gasteiger partial charge in [-0.15, -0.1) is 15.3 Å². The summed E-state index contributed by atoms with van der Waals surface area (Å²) >= 11 is 5.91. The van der Waals surface area contributed by atoms with Crippen LogP contribution >= 0.6 is 11.6 Å². The predicted octanol–water partition coefficient (Wildman–Crippen LogP) is 3.93. The number of anilines is 1. The highest BCUT2D eigenvalue weighted by Gasteiger charge is 2.29. The van der Waals surface area contributed by atoms with Crippen LogP contribution in [0.1, 0.15) is 30.1 Å². The number of H-pyrrole nitrogens is 1. The highest BCUT2D eigenvalue weighted by Crippen LogP contribution is 2.38. The van der Waals surface area contributed by atoms with Gasteiger partial charge in [0.25, 0.3) is 0 Å². The molecule has 0 bridgehead atoms. The number of hydrogen-bond donors (Lipinski definition) is 2. The highest BCUT2D eigenvalue weighted by molar-refractivity contribution is 6.31. The van der Waals surface area contributed by atoms with Gasteiger partial charge in [0.2, 0.25) is 0 Å². The summed E-state index contributed by atoms with van der Waals surface area (Å²) in [5.41, 5.74) is 2.60. The van der Waals surface area contributed by atoms with Crippen molar-refractivity contribution in [3.05, 3.63) is 52.7 Å². The van der Waals surface area contributed by atoms with Gasteiger partial charge in [-0.2, -0.15) is 4.52 Å². The Morgan fingerprint density at radius 3 is 3.00 bits per heavy atom. The summed E-state index contributed by atoms with van der Waals surface area (Å²) < 4.78 is 15.4. The predicted molar refractivity (Wildman–Crippen MR) is 98.2 cm³/mol. The molecule has 2 N–H and O–H groups in total. The zero-order valence-corrected chi connectivity index (χ0v) is 14.6. The molecule has 0 saturated heterocycles. The van der Waals surface area contributed by atoms with Crippen molar-refractivity contribution in [2.45, 2.75) is 25.2 Å². The summed E-state index contributed by atoms with van der Waals surface area (Å²) in [6.45, 7) is 0.696. The molecular formula is C18H16ClFN6. The Morgan fingerprint density at radius 2 is 2.15 bits per heavy atom. The first-order valence-corrected chi connectivity index (χ1v) is 8.98. The van der Waals surface area contributed by atoms with E-state index < -0.39 is 5.82 Å². The van der Waals surface area contributed by atoms with Gasteiger partial charge in [-0.05, 0) is 49.1 Å². The standard InChI is InChI=1S/C18H16ClFN6/c19-13-7-12-11(9-22-15(12)8-14(13)20)5-6-21-16-3-4-17-23-24-18(10-1-2-10)26(17)25-16/h3-4,7-10,22H,1-2,5-6H2,(H,21,25). The van der Waals surface area contributed by atoms with Gasteiger partial charge in [0.1, 0.15) is 11.6 Å². The van der Waals surface area contributed by atoms with E-state index in [-0.39, 0.29) is 5.02 Å². The summed E-state index contributed by atoms with van der Waals surface area (Å²) in [4.78, 5) is 3.09. The van der Waals surface area contributed by atoms with Crippen LogP contribution in [0.3, 0.4) is 0 Å². The summed E-state index contributed by atoms with van der Waals surface area (Å²) in [7, 11) is 0. The van der Waals surface area contributed by atoms with Gasteiger partial charge in [0.05, 0.1) is 5.02 Å². The minimum atomic E-state index is -0.413. The lowest BCUT2D eigenvalue weighted by Gasteiger charge is -2.06. The summed E-state index contributed by atoms with van der Waals surface area (Å²) in [6.07, 6.45) is 4.97. The Kier molecular flexibility index (Phi) is 3.56. The Balaban J connectivity index is 1.33. The molecule has 3 aromatic heterocycles. The van der Waals surface area contributed by atoms with Crippen LogP contribution < -0.4 is 5.32 Å². The fourth-order valence-electron chi connectivity index (χ4n) is 3.20. The summed E-state index contributed by atoms with van der Waals surface area (Å²) in [5.74, 6) is 1.80. The lowest BCUT2D eigenvalue weighted by molar-refractivity contribution is 0.630. The average Bonchev–Trinajstić information content (AvgIpc) is 3.29. The molecule has 4 aromatic rings. The van der Waals surface area contributed by atoms with E-state index in [1.807, 2.05) is 22.8 Å². The van der Waals surface area contributed by atoms with Crippen LogP contribution in [0.4, 0.5) is 10.2 Å². The number of halogens is 2. The zero-order chi connectivity index (χ0) is 17.7. The van der Waals surface area contributed by atoms with Gasteiger partial charge in [-0.25, -0.2) is 4.39 Å². The minimum absolute atomic E-state index is 0.138. The molecule has 8 heteroatoms. The van der Waals surface area contributed by atoms with Crippen LogP contribution in [0.25, 0.3) is 16.6 Å². The molecule has 6 nitrogen and oxygen atoms in total. The minimum Gasteiger partial charge on any atom is -0.368 e. The number of nitrogens with zero attached hydrogens (tertiary/aromatic N) is 4. The zero-order valence-electron chi connectivity index (χ0n) is 13.8. The lowest BCUT2D eigenvalue weighted by atomic mass is 10.1. The smallest absolute Gasteiger partial charge is 0.178 e. The maximum absolute atomic E-state index is 13.5. The molecule has 3 heterocycles. The molecule has 1 saturated carbocycles. The van der Waals surface area contributed by atoms with Gasteiger partial charge in [0.15, 0.2) is 11.5 Å². The van der Waals surface area contributed by atoms with Crippen LogP contribution in [0.2, 0.25) is 5.02 Å². The third kappa shape index (κ3) is 2.68. The second kappa shape index (κ2) is 5.95. The van der Waals surface area contributed by atoms with Gasteiger partial charge in [0, 0.05) is 29.6 Å². The fourth-order valence-corrected chi connectivity index (χ4v) is 3.37. The lowest BCUT2D eigenvalue weighted by Crippen LogP contribution is -2.08. The van der Waals surface area contributed by atoms with Crippen molar-refractivity contribution in [2.75, 3.05) is 11.9 Å². The Labute approximate surface area is 153 Å². The molecule has 0 spiro atoms. The van der Waals surface area contributed by atoms with E-state index in [9.17, 15) is 4.39 Å². The second-order valence-electron chi connectivity index (χ2n) is 6.62. The third-order valence-electron chi connectivity index (χ3n) is 4.74. The van der Waals surface area contributed by atoms with E-state index in [0.717, 1.165) is 53.0 Å². The highest BCUT2D eigenvalue weighted by atomic mass is 35.5. The number of hydrogen-bond acceptors (Lipinski definition) is 4. The van der Waals surface area contributed by atoms with Crippen LogP contribution in [-0.4, -0.2) is 31.3 Å². The average molecular weight is 371 g/mol. The van der Waals surface area contributed by atoms with E-state index >= 15 is 0 Å². The number of aromatic amines is 1. The van der Waals surface area contributed by atoms with E-state index in [1.165, 1.54) is 6.07 Å². The first-order chi connectivity index (χ1) is 12.7. The van der Waals surface area contributed by atoms with Crippen molar-refractivity contribution in [2.24, 2.45) is 0 Å². The van der Waals surface area contributed by atoms with Crippen LogP contribution in [0, 0.1) is 5.82 Å². The number of fused-ring (bicyclic) bond motifs is 2. The number of aromatic nitrogens is 5. The number of benzene rings is 1. The molecule has 1 fully saturated rings. The fraction of sp³-hybridized carbons (Fsp3) is 0.278. The normalized spacial score (nSPS) is 14.4. The van der Waals surface area contributed by atoms with Gasteiger partial charge in [-0.1, -0.05) is 11.6 Å². The second-order valence-corrected chi connectivity index (χ2v) is 7.03.